The molecule has 2 aromatic rings. The van der Waals surface area contributed by atoms with Gasteiger partial charge in [-0.15, -0.1) is 0 Å². The van der Waals surface area contributed by atoms with Gasteiger partial charge in [0.2, 0.25) is 0 Å². The molecule has 2 rings (SSSR count). The van der Waals surface area contributed by atoms with Gasteiger partial charge in [0.15, 0.2) is 0 Å². The third-order valence-electron chi connectivity index (χ3n) is 4.64. The van der Waals surface area contributed by atoms with Gasteiger partial charge in [-0.2, -0.15) is 0 Å². The Morgan fingerprint density at radius 2 is 1.43 bits per heavy atom. The van der Waals surface area contributed by atoms with Crippen LogP contribution in [-0.2, 0) is 30.5 Å². The van der Waals surface area contributed by atoms with Crippen LogP contribution in [0, 0.1) is 0 Å². The molecule has 3 nitrogen and oxygen atoms in total. The van der Waals surface area contributed by atoms with Gasteiger partial charge in [-0.1, -0.05) is 25.2 Å². The molecular weight excluding hydrogens is 420 g/mol. The van der Waals surface area contributed by atoms with E-state index in [1.165, 1.54) is 0 Å². The minimum atomic E-state index is -0.449. The van der Waals surface area contributed by atoms with Crippen LogP contribution >= 0.6 is 0 Å². The van der Waals surface area contributed by atoms with Crippen molar-refractivity contribution in [2.75, 3.05) is 0 Å². The maximum atomic E-state index is 13.5. The van der Waals surface area contributed by atoms with Crippen LogP contribution in [0.4, 0.5) is 0 Å². The smallest absolute Gasteiger partial charge is 0.0626 e. The topological polar surface area (TPSA) is 33.2 Å². The molecule has 0 radical (unpaired) electrons. The molecule has 0 saturated heterocycles. The fourth-order valence-electron chi connectivity index (χ4n) is 3.00. The monoisotopic (exact) mass is 458 g/mol. The molecule has 1 aromatic carbocycles. The van der Waals surface area contributed by atoms with Crippen LogP contribution in [0.2, 0.25) is 0 Å². The van der Waals surface area contributed by atoms with Crippen molar-refractivity contribution in [3.8, 4) is 0 Å². The quantitative estimate of drug-likeness (QED) is 0.621. The molecular formula is C21H39B3N2OZr. The van der Waals surface area contributed by atoms with E-state index in [9.17, 15) is 4.79 Å². The summed E-state index contributed by atoms with van der Waals surface area (Å²) in [5.74, 6) is 0.710. The maximum absolute atomic E-state index is 13.5. The van der Waals surface area contributed by atoms with Crippen LogP contribution in [0.1, 0.15) is 80.6 Å². The van der Waals surface area contributed by atoms with Crippen molar-refractivity contribution in [2.24, 2.45) is 0 Å². The molecule has 7 heteroatoms. The standard InChI is InChI=1S/C21H28N2O.3BH4.Zr/c1-14(2)16-10-9-11-17(15(3)4)19(16)20(24)23-21(5,6)18-12-7-8-13-22-18;;;;/h7-15H,1-6H3,(H,23,24);3*1H4;/q;3*-1;+4/p-1. The number of carbonyl (C=O) groups is 1. The third kappa shape index (κ3) is 5.96. The number of benzene rings is 1. The number of carbonyl (C=O) groups excluding carboxylic acids is 1. The molecule has 0 saturated carbocycles. The fraction of sp³-hybridized carbons (Fsp3) is 0.429. The summed E-state index contributed by atoms with van der Waals surface area (Å²) in [6.45, 7) is 12.7. The molecule has 1 heterocycles. The van der Waals surface area contributed by atoms with Gasteiger partial charge in [0.25, 0.3) is 0 Å². The first-order valence-corrected chi connectivity index (χ1v) is 9.88. The Morgan fingerprint density at radius 1 is 0.929 bits per heavy atom. The van der Waals surface area contributed by atoms with Crippen molar-refractivity contribution in [2.45, 2.75) is 58.9 Å². The first-order chi connectivity index (χ1) is 11.7. The molecule has 152 valence electrons. The number of hydrogen-bond donors (Lipinski definition) is 0. The molecule has 1 aromatic heterocycles. The van der Waals surface area contributed by atoms with Crippen LogP contribution in [-0.4, -0.2) is 39.0 Å². The average Bonchev–Trinajstić information content (AvgIpc) is 2.60. The minimum absolute atomic E-state index is 0. The van der Waals surface area contributed by atoms with Crippen molar-refractivity contribution in [3.05, 3.63) is 65.0 Å². The average molecular weight is 459 g/mol. The molecule has 0 fully saturated rings. The summed E-state index contributed by atoms with van der Waals surface area (Å²) >= 11 is 1.07. The van der Waals surface area contributed by atoms with Gasteiger partial charge in [0.1, 0.15) is 0 Å². The summed E-state index contributed by atoms with van der Waals surface area (Å²) in [4.78, 5) is 18.0. The second-order valence-corrected chi connectivity index (χ2v) is 8.63. The van der Waals surface area contributed by atoms with E-state index in [1.54, 1.807) is 6.20 Å². The van der Waals surface area contributed by atoms with E-state index in [0.29, 0.717) is 11.8 Å². The van der Waals surface area contributed by atoms with E-state index in [0.717, 1.165) is 47.4 Å². The van der Waals surface area contributed by atoms with Gasteiger partial charge in [-0.25, -0.2) is 0 Å². The molecule has 1 amide bonds. The maximum Gasteiger partial charge on any atom is -0.0626 e. The molecule has 0 N–H and O–H groups in total. The number of amides is 1. The second-order valence-electron chi connectivity index (χ2n) is 7.54. The van der Waals surface area contributed by atoms with E-state index < -0.39 is 5.54 Å². The predicted octanol–water partition coefficient (Wildman–Crippen LogP) is 0.813. The first kappa shape index (κ1) is 29.1. The molecule has 0 aliphatic heterocycles. The molecule has 0 atom stereocenters. The Hall–Kier alpha value is -1.08. The van der Waals surface area contributed by atoms with Crippen molar-refractivity contribution in [1.29, 1.82) is 0 Å². The molecule has 0 aliphatic rings. The van der Waals surface area contributed by atoms with Gasteiger partial charge < -0.3 is 0 Å². The van der Waals surface area contributed by atoms with E-state index >= 15 is 0 Å². The Kier molecular flexibility index (Phi) is 12.3. The van der Waals surface area contributed by atoms with Gasteiger partial charge in [0.05, 0.1) is 0 Å². The van der Waals surface area contributed by atoms with E-state index in [1.807, 2.05) is 21.0 Å². The summed E-state index contributed by atoms with van der Waals surface area (Å²) < 4.78 is 1.91. The van der Waals surface area contributed by atoms with Crippen LogP contribution in [0.15, 0.2) is 42.6 Å². The Bertz CT molecular complexity index is 726. The fourth-order valence-corrected chi connectivity index (χ4v) is 3.56. The van der Waals surface area contributed by atoms with Crippen LogP contribution in [0.25, 0.3) is 0 Å². The molecule has 0 spiro atoms. The Labute approximate surface area is 192 Å². The Morgan fingerprint density at radius 3 is 1.82 bits per heavy atom. The minimum Gasteiger partial charge on any atom is -0.0626 e. The summed E-state index contributed by atoms with van der Waals surface area (Å²) in [6, 6.07) is 12.1. The second kappa shape index (κ2) is 11.8. The number of rotatable bonds is 5. The zero-order valence-corrected chi connectivity index (χ0v) is 18.5. The first-order valence-electron chi connectivity index (χ1n) is 8.78. The van der Waals surface area contributed by atoms with Gasteiger partial charge >= 0.3 is 167 Å². The summed E-state index contributed by atoms with van der Waals surface area (Å²) in [6.07, 6.45) is 1.78. The van der Waals surface area contributed by atoms with Crippen molar-refractivity contribution in [3.63, 3.8) is 0 Å². The molecule has 0 aliphatic carbocycles. The SMILES string of the molecule is CC(C)c1cccc(C(C)C)c1C(=O)[N]([Zr+3])C(C)(C)c1ccccn1.[BH4-].[BH4-].[BH4-]. The van der Waals surface area contributed by atoms with E-state index in [2.05, 4.69) is 64.7 Å². The molecule has 28 heavy (non-hydrogen) atoms. The number of pyridine rings is 1. The predicted molar refractivity (Wildman–Crippen MR) is 132 cm³/mol. The molecule has 0 unspecified atom stereocenters. The van der Waals surface area contributed by atoms with Gasteiger partial charge in [-0.3, -0.25) is 0 Å². The summed E-state index contributed by atoms with van der Waals surface area (Å²) in [7, 11) is 0. The number of aromatic nitrogens is 1. The van der Waals surface area contributed by atoms with E-state index in [4.69, 9.17) is 0 Å². The zero-order valence-electron chi connectivity index (χ0n) is 16.0. The third-order valence-corrected chi connectivity index (χ3v) is 6.51. The zero-order chi connectivity index (χ0) is 18.8. The van der Waals surface area contributed by atoms with Crippen LogP contribution in [0.3, 0.4) is 0 Å². The van der Waals surface area contributed by atoms with Crippen LogP contribution < -0.4 is 0 Å². The summed E-state index contributed by atoms with van der Waals surface area (Å²) in [5.41, 5.74) is 3.58. The van der Waals surface area contributed by atoms with Gasteiger partial charge in [0, 0.05) is 0 Å². The largest absolute Gasteiger partial charge is 0.0626 e. The number of nitrogens with zero attached hydrogens (tertiary/aromatic N) is 2. The van der Waals surface area contributed by atoms with Crippen molar-refractivity contribution < 1.29 is 29.8 Å². The van der Waals surface area contributed by atoms with Gasteiger partial charge in [-0.05, 0) is 0 Å². The van der Waals surface area contributed by atoms with Crippen molar-refractivity contribution >= 4 is 31.1 Å². The summed E-state index contributed by atoms with van der Waals surface area (Å²) in [5, 5.41) is 0. The van der Waals surface area contributed by atoms with Crippen LogP contribution in [0.5, 0.6) is 0 Å². The van der Waals surface area contributed by atoms with E-state index in [-0.39, 0.29) is 31.1 Å². The molecule has 0 bridgehead atoms. The number of hydrogen-bond acceptors (Lipinski definition) is 2. The van der Waals surface area contributed by atoms with Crippen molar-refractivity contribution in [1.82, 2.24) is 7.83 Å². The normalized spacial score (nSPS) is 10.6. The Balaban J connectivity index is 0.